The van der Waals surface area contributed by atoms with Gasteiger partial charge in [-0.2, -0.15) is 0 Å². The number of thioether (sulfide) groups is 1. The van der Waals surface area contributed by atoms with Crippen molar-refractivity contribution in [3.05, 3.63) is 35.7 Å². The standard InChI is InChI=1S/C18H23N5O2S/c1-12-6-3-4-8-15(12)23-13(2)20-21-18(23)26-11-16(24)22-9-5-7-14(10-22)17(19)25/h3-4,6,8,14H,5,7,9-11H2,1-2H3,(H2,19,25)/t14-/m0/s1. The van der Waals surface area contributed by atoms with E-state index in [1.165, 1.54) is 11.8 Å². The number of hydrogen-bond donors (Lipinski definition) is 1. The smallest absolute Gasteiger partial charge is 0.233 e. The Balaban J connectivity index is 1.70. The molecule has 1 aromatic carbocycles. The van der Waals surface area contributed by atoms with Gasteiger partial charge in [0.25, 0.3) is 0 Å². The Labute approximate surface area is 157 Å². The molecule has 0 radical (unpaired) electrons. The molecule has 1 saturated heterocycles. The van der Waals surface area contributed by atoms with Gasteiger partial charge in [-0.3, -0.25) is 14.2 Å². The number of carbonyl (C=O) groups excluding carboxylic acids is 2. The Morgan fingerprint density at radius 3 is 2.77 bits per heavy atom. The molecule has 3 rings (SSSR count). The molecular formula is C18H23N5O2S. The molecule has 0 spiro atoms. The van der Waals surface area contributed by atoms with Gasteiger partial charge in [-0.15, -0.1) is 10.2 Å². The van der Waals surface area contributed by atoms with Crippen molar-refractivity contribution >= 4 is 23.6 Å². The van der Waals surface area contributed by atoms with Crippen LogP contribution < -0.4 is 5.73 Å². The monoisotopic (exact) mass is 373 g/mol. The van der Waals surface area contributed by atoms with E-state index in [1.54, 1.807) is 4.90 Å². The lowest BCUT2D eigenvalue weighted by molar-refractivity contribution is -0.132. The van der Waals surface area contributed by atoms with E-state index in [2.05, 4.69) is 10.2 Å². The number of benzene rings is 1. The van der Waals surface area contributed by atoms with Crippen LogP contribution in [0, 0.1) is 19.8 Å². The number of amides is 2. The van der Waals surface area contributed by atoms with E-state index in [9.17, 15) is 9.59 Å². The fraction of sp³-hybridized carbons (Fsp3) is 0.444. The van der Waals surface area contributed by atoms with Crippen LogP contribution in [0.5, 0.6) is 0 Å². The number of rotatable bonds is 5. The highest BCUT2D eigenvalue weighted by molar-refractivity contribution is 7.99. The van der Waals surface area contributed by atoms with Gasteiger partial charge in [-0.1, -0.05) is 30.0 Å². The zero-order valence-electron chi connectivity index (χ0n) is 15.0. The highest BCUT2D eigenvalue weighted by Crippen LogP contribution is 2.25. The molecule has 138 valence electrons. The summed E-state index contributed by atoms with van der Waals surface area (Å²) in [6.07, 6.45) is 1.57. The molecule has 0 aliphatic carbocycles. The van der Waals surface area contributed by atoms with Gasteiger partial charge in [-0.05, 0) is 38.3 Å². The van der Waals surface area contributed by atoms with Crippen LogP contribution in [0.4, 0.5) is 0 Å². The van der Waals surface area contributed by atoms with Crippen molar-refractivity contribution in [2.45, 2.75) is 31.8 Å². The van der Waals surface area contributed by atoms with Gasteiger partial charge in [0.2, 0.25) is 11.8 Å². The van der Waals surface area contributed by atoms with E-state index < -0.39 is 0 Å². The molecule has 2 amide bonds. The Morgan fingerprint density at radius 2 is 2.04 bits per heavy atom. The van der Waals surface area contributed by atoms with Gasteiger partial charge in [0.15, 0.2) is 5.16 Å². The molecule has 8 heteroatoms. The number of carbonyl (C=O) groups is 2. The molecule has 7 nitrogen and oxygen atoms in total. The molecule has 0 saturated carbocycles. The van der Waals surface area contributed by atoms with E-state index in [-0.39, 0.29) is 23.5 Å². The molecule has 1 atom stereocenters. The Hall–Kier alpha value is -2.35. The first-order valence-corrected chi connectivity index (χ1v) is 9.64. The molecule has 0 bridgehead atoms. The number of nitrogens with two attached hydrogens (primary N) is 1. The summed E-state index contributed by atoms with van der Waals surface area (Å²) in [7, 11) is 0. The van der Waals surface area contributed by atoms with E-state index >= 15 is 0 Å². The number of aromatic nitrogens is 3. The van der Waals surface area contributed by atoms with E-state index in [4.69, 9.17) is 5.73 Å². The molecule has 2 N–H and O–H groups in total. The van der Waals surface area contributed by atoms with Gasteiger partial charge in [0.05, 0.1) is 17.4 Å². The molecule has 1 aliphatic rings. The number of hydrogen-bond acceptors (Lipinski definition) is 5. The first kappa shape index (κ1) is 18.4. The first-order chi connectivity index (χ1) is 12.5. The van der Waals surface area contributed by atoms with E-state index in [1.807, 2.05) is 42.7 Å². The number of piperidine rings is 1. The van der Waals surface area contributed by atoms with Crippen LogP contribution in [0.2, 0.25) is 0 Å². The third kappa shape index (κ3) is 3.90. The maximum atomic E-state index is 12.6. The minimum atomic E-state index is -0.329. The van der Waals surface area contributed by atoms with E-state index in [0.29, 0.717) is 18.2 Å². The van der Waals surface area contributed by atoms with Gasteiger partial charge >= 0.3 is 0 Å². The van der Waals surface area contributed by atoms with Crippen LogP contribution in [0.3, 0.4) is 0 Å². The van der Waals surface area contributed by atoms with Crippen molar-refractivity contribution in [3.63, 3.8) is 0 Å². The minimum Gasteiger partial charge on any atom is -0.369 e. The molecule has 1 aliphatic heterocycles. The van der Waals surface area contributed by atoms with Crippen LogP contribution in [0.1, 0.15) is 24.2 Å². The minimum absolute atomic E-state index is 0.00191. The average Bonchev–Trinajstić information content (AvgIpc) is 3.00. The van der Waals surface area contributed by atoms with Gasteiger partial charge in [0, 0.05) is 13.1 Å². The fourth-order valence-corrected chi connectivity index (χ4v) is 4.07. The van der Waals surface area contributed by atoms with Crippen molar-refractivity contribution in [1.82, 2.24) is 19.7 Å². The summed E-state index contributed by atoms with van der Waals surface area (Å²) in [5.41, 5.74) is 7.52. The second-order valence-electron chi connectivity index (χ2n) is 6.52. The molecule has 1 fully saturated rings. The lowest BCUT2D eigenvalue weighted by Crippen LogP contribution is -2.44. The maximum absolute atomic E-state index is 12.6. The predicted molar refractivity (Wildman–Crippen MR) is 100 cm³/mol. The number of likely N-dealkylation sites (tertiary alicyclic amines) is 1. The largest absolute Gasteiger partial charge is 0.369 e. The lowest BCUT2D eigenvalue weighted by Gasteiger charge is -2.31. The summed E-state index contributed by atoms with van der Waals surface area (Å²) >= 11 is 1.36. The van der Waals surface area contributed by atoms with Crippen LogP contribution >= 0.6 is 11.8 Å². The van der Waals surface area contributed by atoms with Crippen molar-refractivity contribution in [2.24, 2.45) is 11.7 Å². The Morgan fingerprint density at radius 1 is 1.27 bits per heavy atom. The number of primary amides is 1. The first-order valence-electron chi connectivity index (χ1n) is 8.65. The summed E-state index contributed by atoms with van der Waals surface area (Å²) in [5, 5.41) is 9.08. The predicted octanol–water partition coefficient (Wildman–Crippen LogP) is 1.70. The Kier molecular flexibility index (Phi) is 5.61. The second kappa shape index (κ2) is 7.90. The highest BCUT2D eigenvalue weighted by Gasteiger charge is 2.27. The number of nitrogens with zero attached hydrogens (tertiary/aromatic N) is 4. The zero-order chi connectivity index (χ0) is 18.7. The number of para-hydroxylation sites is 1. The molecule has 26 heavy (non-hydrogen) atoms. The zero-order valence-corrected chi connectivity index (χ0v) is 15.8. The van der Waals surface area contributed by atoms with Crippen molar-refractivity contribution < 1.29 is 9.59 Å². The molecule has 0 unspecified atom stereocenters. The lowest BCUT2D eigenvalue weighted by atomic mass is 9.97. The van der Waals surface area contributed by atoms with Gasteiger partial charge in [-0.25, -0.2) is 0 Å². The van der Waals surface area contributed by atoms with Crippen molar-refractivity contribution in [3.8, 4) is 5.69 Å². The highest BCUT2D eigenvalue weighted by atomic mass is 32.2. The molecule has 2 heterocycles. The topological polar surface area (TPSA) is 94.1 Å². The summed E-state index contributed by atoms with van der Waals surface area (Å²) < 4.78 is 1.97. The normalized spacial score (nSPS) is 17.3. The summed E-state index contributed by atoms with van der Waals surface area (Å²) in [6.45, 7) is 5.02. The van der Waals surface area contributed by atoms with Crippen molar-refractivity contribution in [2.75, 3.05) is 18.8 Å². The SMILES string of the molecule is Cc1ccccc1-n1c(C)nnc1SCC(=O)N1CCC[C@H](C(N)=O)C1. The third-order valence-corrected chi connectivity index (χ3v) is 5.57. The Bertz CT molecular complexity index is 820. The molecule has 2 aromatic rings. The molecule has 1 aromatic heterocycles. The summed E-state index contributed by atoms with van der Waals surface area (Å²) in [5.74, 6) is 0.467. The van der Waals surface area contributed by atoms with Crippen molar-refractivity contribution in [1.29, 1.82) is 0 Å². The van der Waals surface area contributed by atoms with Crippen LogP contribution in [0.15, 0.2) is 29.4 Å². The quantitative estimate of drug-likeness (QED) is 0.805. The van der Waals surface area contributed by atoms with Gasteiger partial charge in [0.1, 0.15) is 5.82 Å². The molecular weight excluding hydrogens is 350 g/mol. The van der Waals surface area contributed by atoms with Crippen LogP contribution in [0.25, 0.3) is 5.69 Å². The van der Waals surface area contributed by atoms with Crippen LogP contribution in [-0.2, 0) is 9.59 Å². The maximum Gasteiger partial charge on any atom is 0.233 e. The fourth-order valence-electron chi connectivity index (χ4n) is 3.18. The van der Waals surface area contributed by atoms with Crippen LogP contribution in [-0.4, -0.2) is 50.3 Å². The third-order valence-electron chi connectivity index (χ3n) is 4.65. The van der Waals surface area contributed by atoms with E-state index in [0.717, 1.165) is 29.9 Å². The average molecular weight is 373 g/mol. The summed E-state index contributed by atoms with van der Waals surface area (Å²) in [6, 6.07) is 8.01. The summed E-state index contributed by atoms with van der Waals surface area (Å²) in [4.78, 5) is 25.7. The van der Waals surface area contributed by atoms with Gasteiger partial charge < -0.3 is 10.6 Å². The number of aryl methyl sites for hydroxylation is 2. The second-order valence-corrected chi connectivity index (χ2v) is 7.46.